The molecule has 0 amide bonds. The Kier molecular flexibility index (Phi) is 3.40. The lowest BCUT2D eigenvalue weighted by Crippen LogP contribution is -2.04. The van der Waals surface area contributed by atoms with Gasteiger partial charge in [-0.05, 0) is 12.5 Å². The average Bonchev–Trinajstić information content (AvgIpc) is 2.78. The average molecular weight is 247 g/mol. The number of rotatable bonds is 3. The number of pyridine rings is 1. The van der Waals surface area contributed by atoms with Crippen molar-refractivity contribution in [2.45, 2.75) is 19.8 Å². The number of imidazole rings is 1. The number of nitriles is 1. The Morgan fingerprint density at radius 3 is 2.94 bits per heavy atom. The van der Waals surface area contributed by atoms with Crippen LogP contribution in [0.15, 0.2) is 24.7 Å². The lowest BCUT2D eigenvalue weighted by atomic mass is 10.2. The predicted molar refractivity (Wildman–Crippen MR) is 65.1 cm³/mol. The zero-order valence-electron chi connectivity index (χ0n) is 9.39. The van der Waals surface area contributed by atoms with Crippen LogP contribution in [0.4, 0.5) is 0 Å². The molecule has 0 spiro atoms. The molecule has 5 heteroatoms. The number of aromatic nitrogens is 3. The Labute approximate surface area is 105 Å². The van der Waals surface area contributed by atoms with Crippen molar-refractivity contribution >= 4 is 11.6 Å². The fourth-order valence-corrected chi connectivity index (χ4v) is 1.87. The van der Waals surface area contributed by atoms with Gasteiger partial charge in [-0.1, -0.05) is 18.5 Å². The highest BCUT2D eigenvalue weighted by molar-refractivity contribution is 6.33. The fraction of sp³-hybridized carbons (Fsp3) is 0.250. The summed E-state index contributed by atoms with van der Waals surface area (Å²) in [6.07, 6.45) is 6.94. The van der Waals surface area contributed by atoms with Gasteiger partial charge in [-0.15, -0.1) is 0 Å². The molecular formula is C12H11ClN4. The van der Waals surface area contributed by atoms with Gasteiger partial charge in [-0.3, -0.25) is 4.57 Å². The van der Waals surface area contributed by atoms with Gasteiger partial charge in [-0.25, -0.2) is 9.97 Å². The highest BCUT2D eigenvalue weighted by atomic mass is 35.5. The van der Waals surface area contributed by atoms with Gasteiger partial charge >= 0.3 is 0 Å². The molecule has 2 heterocycles. The van der Waals surface area contributed by atoms with Crippen LogP contribution in [-0.4, -0.2) is 14.5 Å². The van der Waals surface area contributed by atoms with Crippen molar-refractivity contribution in [2.24, 2.45) is 0 Å². The topological polar surface area (TPSA) is 54.5 Å². The van der Waals surface area contributed by atoms with Crippen molar-refractivity contribution in [3.8, 4) is 11.9 Å². The molecule has 2 aromatic heterocycles. The number of aryl methyl sites for hydroxylation is 1. The Morgan fingerprint density at radius 2 is 2.24 bits per heavy atom. The summed E-state index contributed by atoms with van der Waals surface area (Å²) in [6.45, 7) is 2.08. The van der Waals surface area contributed by atoms with Gasteiger partial charge in [-0.2, -0.15) is 5.26 Å². The third-order valence-corrected chi connectivity index (χ3v) is 2.78. The molecule has 2 aromatic rings. The highest BCUT2D eigenvalue weighted by Gasteiger charge is 2.12. The molecule has 0 bridgehead atoms. The van der Waals surface area contributed by atoms with Crippen LogP contribution in [-0.2, 0) is 6.42 Å². The smallest absolute Gasteiger partial charge is 0.158 e. The van der Waals surface area contributed by atoms with Crippen molar-refractivity contribution in [3.63, 3.8) is 0 Å². The van der Waals surface area contributed by atoms with Crippen molar-refractivity contribution < 1.29 is 0 Å². The Balaban J connectivity index is 2.53. The third-order valence-electron chi connectivity index (χ3n) is 2.41. The molecule has 0 fully saturated rings. The minimum atomic E-state index is 0.366. The lowest BCUT2D eigenvalue weighted by molar-refractivity contribution is 0.798. The van der Waals surface area contributed by atoms with E-state index in [0.29, 0.717) is 16.4 Å². The molecule has 4 nitrogen and oxygen atoms in total. The fourth-order valence-electron chi connectivity index (χ4n) is 1.62. The third kappa shape index (κ3) is 2.15. The second-order valence-corrected chi connectivity index (χ2v) is 3.95. The summed E-state index contributed by atoms with van der Waals surface area (Å²) < 4.78 is 1.83. The van der Waals surface area contributed by atoms with Gasteiger partial charge in [0.25, 0.3) is 0 Å². The minimum absolute atomic E-state index is 0.366. The normalized spacial score (nSPS) is 10.2. The van der Waals surface area contributed by atoms with E-state index in [9.17, 15) is 0 Å². The van der Waals surface area contributed by atoms with Gasteiger partial charge in [0.1, 0.15) is 16.9 Å². The van der Waals surface area contributed by atoms with E-state index < -0.39 is 0 Å². The maximum atomic E-state index is 8.93. The molecule has 0 saturated carbocycles. The van der Waals surface area contributed by atoms with Crippen molar-refractivity contribution in [3.05, 3.63) is 41.1 Å². The summed E-state index contributed by atoms with van der Waals surface area (Å²) >= 11 is 6.14. The second-order valence-electron chi connectivity index (χ2n) is 3.57. The zero-order chi connectivity index (χ0) is 12.3. The summed E-state index contributed by atoms with van der Waals surface area (Å²) in [7, 11) is 0. The first-order chi connectivity index (χ1) is 8.27. The molecule has 0 aromatic carbocycles. The molecule has 0 unspecified atom stereocenters. The van der Waals surface area contributed by atoms with E-state index in [1.54, 1.807) is 24.7 Å². The molecule has 0 saturated heterocycles. The molecule has 86 valence electrons. The van der Waals surface area contributed by atoms with Gasteiger partial charge in [0, 0.05) is 25.0 Å². The SMILES string of the molecule is CCCc1nccn1-c1nccc(C#N)c1Cl. The van der Waals surface area contributed by atoms with Crippen LogP contribution in [0, 0.1) is 11.3 Å². The summed E-state index contributed by atoms with van der Waals surface area (Å²) in [6, 6.07) is 3.64. The first-order valence-corrected chi connectivity index (χ1v) is 5.73. The van der Waals surface area contributed by atoms with Crippen LogP contribution < -0.4 is 0 Å². The van der Waals surface area contributed by atoms with E-state index in [2.05, 4.69) is 16.9 Å². The van der Waals surface area contributed by atoms with Crippen molar-refractivity contribution in [2.75, 3.05) is 0 Å². The molecular weight excluding hydrogens is 236 g/mol. The number of hydrogen-bond acceptors (Lipinski definition) is 3. The summed E-state index contributed by atoms with van der Waals surface area (Å²) in [4.78, 5) is 8.47. The zero-order valence-corrected chi connectivity index (χ0v) is 10.1. The Bertz CT molecular complexity index is 568. The Morgan fingerprint density at radius 1 is 1.41 bits per heavy atom. The molecule has 0 radical (unpaired) electrons. The summed E-state index contributed by atoms with van der Waals surface area (Å²) in [5, 5.41) is 9.29. The van der Waals surface area contributed by atoms with E-state index >= 15 is 0 Å². The van der Waals surface area contributed by atoms with Crippen LogP contribution in [0.1, 0.15) is 24.7 Å². The van der Waals surface area contributed by atoms with E-state index in [4.69, 9.17) is 16.9 Å². The first-order valence-electron chi connectivity index (χ1n) is 5.35. The molecule has 0 aliphatic carbocycles. The van der Waals surface area contributed by atoms with Gasteiger partial charge < -0.3 is 0 Å². The number of hydrogen-bond donors (Lipinski definition) is 0. The van der Waals surface area contributed by atoms with Gasteiger partial charge in [0.05, 0.1) is 5.56 Å². The maximum Gasteiger partial charge on any atom is 0.158 e. The summed E-state index contributed by atoms with van der Waals surface area (Å²) in [5.74, 6) is 1.46. The van der Waals surface area contributed by atoms with E-state index in [1.165, 1.54) is 0 Å². The first kappa shape index (κ1) is 11.6. The quantitative estimate of drug-likeness (QED) is 0.837. The molecule has 0 N–H and O–H groups in total. The van der Waals surface area contributed by atoms with Crippen LogP contribution in [0.2, 0.25) is 5.02 Å². The van der Waals surface area contributed by atoms with E-state index in [1.807, 2.05) is 10.6 Å². The Hall–Kier alpha value is -1.86. The van der Waals surface area contributed by atoms with Crippen molar-refractivity contribution in [1.82, 2.24) is 14.5 Å². The minimum Gasteiger partial charge on any atom is -0.287 e. The molecule has 17 heavy (non-hydrogen) atoms. The summed E-state index contributed by atoms with van der Waals surface area (Å²) in [5.41, 5.74) is 0.424. The molecule has 0 aliphatic rings. The van der Waals surface area contributed by atoms with E-state index in [-0.39, 0.29) is 0 Å². The lowest BCUT2D eigenvalue weighted by Gasteiger charge is -2.08. The highest BCUT2D eigenvalue weighted by Crippen LogP contribution is 2.23. The van der Waals surface area contributed by atoms with Gasteiger partial charge in [0.15, 0.2) is 5.82 Å². The molecule has 2 rings (SSSR count). The van der Waals surface area contributed by atoms with Crippen molar-refractivity contribution in [1.29, 1.82) is 5.26 Å². The number of halogens is 1. The van der Waals surface area contributed by atoms with Crippen LogP contribution in [0.3, 0.4) is 0 Å². The van der Waals surface area contributed by atoms with Crippen LogP contribution in [0.5, 0.6) is 0 Å². The van der Waals surface area contributed by atoms with Gasteiger partial charge in [0.2, 0.25) is 0 Å². The van der Waals surface area contributed by atoms with E-state index in [0.717, 1.165) is 18.7 Å². The number of nitrogens with zero attached hydrogens (tertiary/aromatic N) is 4. The van der Waals surface area contributed by atoms with Crippen LogP contribution >= 0.6 is 11.6 Å². The largest absolute Gasteiger partial charge is 0.287 e. The molecule has 0 aliphatic heterocycles. The second kappa shape index (κ2) is 4.98. The monoisotopic (exact) mass is 246 g/mol. The molecule has 0 atom stereocenters. The maximum absolute atomic E-state index is 8.93. The predicted octanol–water partition coefficient (Wildman–Crippen LogP) is 2.74. The standard InChI is InChI=1S/C12H11ClN4/c1-2-3-10-15-6-7-17(10)12-11(13)9(8-14)4-5-16-12/h4-7H,2-3H2,1H3. The van der Waals surface area contributed by atoms with Crippen LogP contribution in [0.25, 0.3) is 5.82 Å².